The Morgan fingerprint density at radius 1 is 1.62 bits per heavy atom. The minimum atomic E-state index is -0.653. The van der Waals surface area contributed by atoms with E-state index in [1.807, 2.05) is 12.3 Å². The van der Waals surface area contributed by atoms with E-state index >= 15 is 0 Å². The van der Waals surface area contributed by atoms with Crippen LogP contribution in [0.4, 0.5) is 0 Å². The van der Waals surface area contributed by atoms with Crippen molar-refractivity contribution in [3.05, 3.63) is 16.1 Å². The van der Waals surface area contributed by atoms with Crippen molar-refractivity contribution >= 4 is 17.3 Å². The number of thiazole rings is 1. The lowest BCUT2D eigenvalue weighted by Gasteiger charge is -2.17. The van der Waals surface area contributed by atoms with Crippen molar-refractivity contribution in [1.29, 1.82) is 0 Å². The molecule has 0 spiro atoms. The number of aromatic nitrogens is 1. The van der Waals surface area contributed by atoms with Gasteiger partial charge in [0.2, 0.25) is 0 Å². The number of rotatable bonds is 4. The van der Waals surface area contributed by atoms with Crippen LogP contribution in [-0.4, -0.2) is 16.1 Å². The molecule has 88 valence electrons. The fraction of sp³-hybridized carbons (Fsp3) is 0.667. The number of carboxylic acid groups (broad SMARTS) is 1. The minimum absolute atomic E-state index is 0.229. The van der Waals surface area contributed by atoms with Crippen molar-refractivity contribution in [2.45, 2.75) is 39.0 Å². The van der Waals surface area contributed by atoms with E-state index in [0.717, 1.165) is 23.5 Å². The molecule has 1 aromatic rings. The molecule has 1 heterocycles. The summed E-state index contributed by atoms with van der Waals surface area (Å²) in [7, 11) is 0. The Labute approximate surface area is 99.5 Å². The van der Waals surface area contributed by atoms with Gasteiger partial charge in [0, 0.05) is 17.5 Å². The van der Waals surface area contributed by atoms with Crippen LogP contribution in [0.15, 0.2) is 5.38 Å². The van der Waals surface area contributed by atoms with Gasteiger partial charge in [-0.05, 0) is 25.7 Å². The Morgan fingerprint density at radius 3 is 2.81 bits per heavy atom. The summed E-state index contributed by atoms with van der Waals surface area (Å²) < 4.78 is 0. The normalized spacial score (nSPS) is 18.8. The minimum Gasteiger partial charge on any atom is -0.481 e. The third-order valence-electron chi connectivity index (χ3n) is 3.35. The van der Waals surface area contributed by atoms with Crippen LogP contribution in [0.5, 0.6) is 0 Å². The van der Waals surface area contributed by atoms with E-state index < -0.39 is 5.97 Å². The van der Waals surface area contributed by atoms with Crippen LogP contribution in [0.1, 0.15) is 36.4 Å². The van der Waals surface area contributed by atoms with Gasteiger partial charge in [0.25, 0.3) is 0 Å². The zero-order valence-corrected chi connectivity index (χ0v) is 10.3. The largest absolute Gasteiger partial charge is 0.481 e. The molecular weight excluding hydrogens is 222 g/mol. The molecule has 0 amide bonds. The summed E-state index contributed by atoms with van der Waals surface area (Å²) in [5, 5.41) is 12.2. The Bertz CT molecular complexity index is 369. The molecule has 3 nitrogen and oxygen atoms in total. The monoisotopic (exact) mass is 239 g/mol. The first-order valence-electron chi connectivity index (χ1n) is 5.80. The van der Waals surface area contributed by atoms with Crippen molar-refractivity contribution in [2.75, 3.05) is 0 Å². The number of hydrogen-bond donors (Lipinski definition) is 1. The maximum absolute atomic E-state index is 11.3. The highest BCUT2D eigenvalue weighted by molar-refractivity contribution is 7.09. The van der Waals surface area contributed by atoms with E-state index in [1.54, 1.807) is 11.3 Å². The first kappa shape index (κ1) is 11.6. The standard InChI is InChI=1S/C12H17NO2S/c1-8-7-16-11(13-8)6-10(12(14)15)9-4-2-3-5-9/h7,9-10H,2-6H2,1H3,(H,14,15). The van der Waals surface area contributed by atoms with Gasteiger partial charge in [0.1, 0.15) is 0 Å². The van der Waals surface area contributed by atoms with Crippen LogP contribution in [0.25, 0.3) is 0 Å². The van der Waals surface area contributed by atoms with Crippen LogP contribution in [-0.2, 0) is 11.2 Å². The fourth-order valence-corrected chi connectivity index (χ4v) is 3.33. The zero-order chi connectivity index (χ0) is 11.5. The van der Waals surface area contributed by atoms with Gasteiger partial charge in [-0.1, -0.05) is 12.8 Å². The highest BCUT2D eigenvalue weighted by Gasteiger charge is 2.31. The molecule has 1 aromatic heterocycles. The number of hydrogen-bond acceptors (Lipinski definition) is 3. The molecule has 0 bridgehead atoms. The molecule has 1 N–H and O–H groups in total. The predicted octanol–water partition coefficient (Wildman–Crippen LogP) is 2.89. The molecule has 1 atom stereocenters. The van der Waals surface area contributed by atoms with Gasteiger partial charge in [-0.2, -0.15) is 0 Å². The molecule has 4 heteroatoms. The van der Waals surface area contributed by atoms with Gasteiger partial charge < -0.3 is 5.11 Å². The summed E-state index contributed by atoms with van der Waals surface area (Å²) >= 11 is 1.58. The molecule has 1 saturated carbocycles. The Hall–Kier alpha value is -0.900. The molecule has 2 rings (SSSR count). The molecule has 0 aromatic carbocycles. The summed E-state index contributed by atoms with van der Waals surface area (Å²) in [6, 6.07) is 0. The second-order valence-corrected chi connectivity index (χ2v) is 5.52. The number of aryl methyl sites for hydroxylation is 1. The Balaban J connectivity index is 2.05. The van der Waals surface area contributed by atoms with Gasteiger partial charge in [0.15, 0.2) is 0 Å². The maximum Gasteiger partial charge on any atom is 0.307 e. The second kappa shape index (κ2) is 4.95. The molecule has 0 radical (unpaired) electrons. The number of carbonyl (C=O) groups is 1. The number of aliphatic carboxylic acids is 1. The molecule has 1 unspecified atom stereocenters. The fourth-order valence-electron chi connectivity index (χ4n) is 2.50. The smallest absolute Gasteiger partial charge is 0.307 e. The molecule has 0 saturated heterocycles. The molecule has 16 heavy (non-hydrogen) atoms. The topological polar surface area (TPSA) is 50.2 Å². The van der Waals surface area contributed by atoms with Crippen LogP contribution in [0.2, 0.25) is 0 Å². The van der Waals surface area contributed by atoms with Crippen molar-refractivity contribution in [3.8, 4) is 0 Å². The highest BCUT2D eigenvalue weighted by Crippen LogP contribution is 2.33. The van der Waals surface area contributed by atoms with Crippen LogP contribution >= 0.6 is 11.3 Å². The van der Waals surface area contributed by atoms with Gasteiger partial charge in [-0.15, -0.1) is 11.3 Å². The highest BCUT2D eigenvalue weighted by atomic mass is 32.1. The van der Waals surface area contributed by atoms with Gasteiger partial charge in [0.05, 0.1) is 10.9 Å². The lowest BCUT2D eigenvalue weighted by molar-refractivity contribution is -0.143. The van der Waals surface area contributed by atoms with E-state index in [-0.39, 0.29) is 5.92 Å². The third-order valence-corrected chi connectivity index (χ3v) is 4.34. The lowest BCUT2D eigenvalue weighted by atomic mass is 9.88. The molecule has 0 aliphatic heterocycles. The number of carboxylic acids is 1. The first-order valence-corrected chi connectivity index (χ1v) is 6.68. The Morgan fingerprint density at radius 2 is 2.31 bits per heavy atom. The van der Waals surface area contributed by atoms with Gasteiger partial charge >= 0.3 is 5.97 Å². The van der Waals surface area contributed by atoms with Crippen molar-refractivity contribution in [3.63, 3.8) is 0 Å². The van der Waals surface area contributed by atoms with E-state index in [0.29, 0.717) is 12.3 Å². The summed E-state index contributed by atoms with van der Waals surface area (Å²) in [5.41, 5.74) is 0.996. The van der Waals surface area contributed by atoms with E-state index in [1.165, 1.54) is 12.8 Å². The molecule has 1 fully saturated rings. The van der Waals surface area contributed by atoms with Crippen LogP contribution in [0, 0.1) is 18.8 Å². The number of nitrogens with zero attached hydrogens (tertiary/aromatic N) is 1. The maximum atomic E-state index is 11.3. The molecule has 1 aliphatic carbocycles. The van der Waals surface area contributed by atoms with Crippen molar-refractivity contribution in [1.82, 2.24) is 4.98 Å². The lowest BCUT2D eigenvalue weighted by Crippen LogP contribution is -2.24. The second-order valence-electron chi connectivity index (χ2n) is 4.58. The van der Waals surface area contributed by atoms with Gasteiger partial charge in [-0.3, -0.25) is 4.79 Å². The van der Waals surface area contributed by atoms with Crippen molar-refractivity contribution in [2.24, 2.45) is 11.8 Å². The Kier molecular flexibility index (Phi) is 3.59. The van der Waals surface area contributed by atoms with E-state index in [2.05, 4.69) is 4.98 Å². The summed E-state index contributed by atoms with van der Waals surface area (Å²) in [4.78, 5) is 15.6. The molecular formula is C12H17NO2S. The average Bonchev–Trinajstić information content (AvgIpc) is 2.84. The summed E-state index contributed by atoms with van der Waals surface area (Å²) in [6.07, 6.45) is 5.12. The molecule has 1 aliphatic rings. The first-order chi connectivity index (χ1) is 7.66. The van der Waals surface area contributed by atoms with Crippen LogP contribution < -0.4 is 0 Å². The predicted molar refractivity (Wildman–Crippen MR) is 63.6 cm³/mol. The van der Waals surface area contributed by atoms with Crippen molar-refractivity contribution < 1.29 is 9.90 Å². The summed E-state index contributed by atoms with van der Waals surface area (Å²) in [6.45, 7) is 1.95. The quantitative estimate of drug-likeness (QED) is 0.879. The van der Waals surface area contributed by atoms with Gasteiger partial charge in [-0.25, -0.2) is 4.98 Å². The van der Waals surface area contributed by atoms with E-state index in [4.69, 9.17) is 0 Å². The average molecular weight is 239 g/mol. The summed E-state index contributed by atoms with van der Waals surface area (Å²) in [5.74, 6) is -0.519. The zero-order valence-electron chi connectivity index (χ0n) is 9.48. The third kappa shape index (κ3) is 2.61. The van der Waals surface area contributed by atoms with E-state index in [9.17, 15) is 9.90 Å². The van der Waals surface area contributed by atoms with Crippen LogP contribution in [0.3, 0.4) is 0 Å². The SMILES string of the molecule is Cc1csc(CC(C(=O)O)C2CCCC2)n1.